The van der Waals surface area contributed by atoms with Gasteiger partial charge in [0.15, 0.2) is 11.3 Å². The lowest BCUT2D eigenvalue weighted by molar-refractivity contribution is 0.0827. The van der Waals surface area contributed by atoms with Crippen molar-refractivity contribution < 1.29 is 14.3 Å². The summed E-state index contributed by atoms with van der Waals surface area (Å²) in [7, 11) is 5.06. The van der Waals surface area contributed by atoms with E-state index >= 15 is 0 Å². The van der Waals surface area contributed by atoms with Crippen LogP contribution >= 0.6 is 0 Å². The summed E-state index contributed by atoms with van der Waals surface area (Å²) in [5, 5.41) is 10.9. The lowest BCUT2D eigenvalue weighted by Gasteiger charge is -2.40. The van der Waals surface area contributed by atoms with Gasteiger partial charge in [-0.3, -0.25) is 14.2 Å². The third-order valence-electron chi connectivity index (χ3n) is 7.51. The van der Waals surface area contributed by atoms with Crippen molar-refractivity contribution in [2.45, 2.75) is 19.4 Å². The third kappa shape index (κ3) is 4.10. The van der Waals surface area contributed by atoms with Gasteiger partial charge in [0.1, 0.15) is 5.52 Å². The first-order valence-electron chi connectivity index (χ1n) is 13.1. The zero-order valence-electron chi connectivity index (χ0n) is 22.8. The molecular weight excluding hydrogens is 506 g/mol. The maximum Gasteiger partial charge on any atom is 0.297 e. The molecule has 1 aliphatic rings. The number of benzene rings is 3. The van der Waals surface area contributed by atoms with Gasteiger partial charge in [-0.25, -0.2) is 9.97 Å². The number of aromatic nitrogens is 3. The Hall–Kier alpha value is -4.92. The van der Waals surface area contributed by atoms with Crippen LogP contribution in [-0.2, 0) is 13.5 Å². The second-order valence-electron chi connectivity index (χ2n) is 10.3. The van der Waals surface area contributed by atoms with E-state index in [2.05, 4.69) is 16.0 Å². The molecule has 0 saturated carbocycles. The highest BCUT2D eigenvalue weighted by Crippen LogP contribution is 2.40. The molecule has 0 bridgehead atoms. The number of oxazole rings is 1. The molecular formula is C31H29N5O4. The van der Waals surface area contributed by atoms with Gasteiger partial charge in [0.05, 0.1) is 6.04 Å². The summed E-state index contributed by atoms with van der Waals surface area (Å²) >= 11 is 0. The molecule has 0 spiro atoms. The molecule has 3 aromatic carbocycles. The van der Waals surface area contributed by atoms with E-state index in [1.54, 1.807) is 38.2 Å². The van der Waals surface area contributed by atoms with Gasteiger partial charge < -0.3 is 19.3 Å². The van der Waals surface area contributed by atoms with Gasteiger partial charge in [0.25, 0.3) is 17.4 Å². The van der Waals surface area contributed by atoms with Crippen molar-refractivity contribution in [1.82, 2.24) is 19.4 Å². The molecule has 202 valence electrons. The number of carbonyl (C=O) groups excluding carboxylic acids is 1. The smallest absolute Gasteiger partial charge is 0.297 e. The first-order valence-corrected chi connectivity index (χ1v) is 13.1. The lowest BCUT2D eigenvalue weighted by atomic mass is 9.85. The van der Waals surface area contributed by atoms with Crippen LogP contribution in [0.3, 0.4) is 0 Å². The predicted molar refractivity (Wildman–Crippen MR) is 153 cm³/mol. The van der Waals surface area contributed by atoms with E-state index < -0.39 is 11.3 Å². The minimum Gasteiger partial charge on any atom is -0.501 e. The van der Waals surface area contributed by atoms with Gasteiger partial charge in [-0.2, -0.15) is 0 Å². The molecule has 1 amide bonds. The van der Waals surface area contributed by atoms with Crippen molar-refractivity contribution in [2.75, 3.05) is 25.5 Å². The van der Waals surface area contributed by atoms with Gasteiger partial charge in [-0.15, -0.1) is 0 Å². The number of hydrogen-bond donors (Lipinski definition) is 1. The van der Waals surface area contributed by atoms with Crippen molar-refractivity contribution in [2.24, 2.45) is 7.05 Å². The molecule has 1 N–H and O–H groups in total. The predicted octanol–water partition coefficient (Wildman–Crippen LogP) is 4.46. The number of carbonyl (C=O) groups is 1. The summed E-state index contributed by atoms with van der Waals surface area (Å²) in [6.07, 6.45) is 0.684. The second kappa shape index (κ2) is 9.68. The average Bonchev–Trinajstić information content (AvgIpc) is 3.39. The standard InChI is InChI=1S/C31H29N5O4/c1-18-9-5-6-10-21(18)26-22-17-20(29(38)34(2)3)14-13-19(22)15-16-36(26)31-33-25(27(37)30(39)35(31)4)28-32-23-11-7-8-12-24(23)40-28/h5-14,17,26,37H,15-16H2,1-4H3/t26-/m0/s1. The maximum atomic E-state index is 13.3. The Morgan fingerprint density at radius 1 is 1.02 bits per heavy atom. The average molecular weight is 536 g/mol. The molecule has 40 heavy (non-hydrogen) atoms. The molecule has 0 unspecified atom stereocenters. The fourth-order valence-corrected chi connectivity index (χ4v) is 5.41. The van der Waals surface area contributed by atoms with E-state index in [4.69, 9.17) is 9.40 Å². The number of rotatable bonds is 4. The monoisotopic (exact) mass is 535 g/mol. The first kappa shape index (κ1) is 25.4. The topological polar surface area (TPSA) is 105 Å². The molecule has 0 fully saturated rings. The van der Waals surface area contributed by atoms with Crippen molar-refractivity contribution in [3.05, 3.63) is 105 Å². The molecule has 0 saturated heterocycles. The number of para-hydroxylation sites is 2. The largest absolute Gasteiger partial charge is 0.501 e. The Labute approximate surface area is 230 Å². The summed E-state index contributed by atoms with van der Waals surface area (Å²) in [5.74, 6) is -0.178. The number of amides is 1. The van der Waals surface area contributed by atoms with E-state index in [0.29, 0.717) is 35.6 Å². The van der Waals surface area contributed by atoms with Crippen LogP contribution in [0, 0.1) is 6.92 Å². The summed E-state index contributed by atoms with van der Waals surface area (Å²) in [6, 6.07) is 20.8. The van der Waals surface area contributed by atoms with Crippen molar-refractivity contribution in [3.8, 4) is 17.3 Å². The lowest BCUT2D eigenvalue weighted by Crippen LogP contribution is -2.40. The van der Waals surface area contributed by atoms with Crippen LogP contribution < -0.4 is 10.5 Å². The number of fused-ring (bicyclic) bond motifs is 2. The number of hydrogen-bond acceptors (Lipinski definition) is 7. The second-order valence-corrected chi connectivity index (χ2v) is 10.3. The SMILES string of the molecule is Cc1ccccc1[C@H]1c2cc(C(=O)N(C)C)ccc2CCN1c1nc(-c2nc3ccccc3o2)c(O)c(=O)n1C. The van der Waals surface area contributed by atoms with Crippen molar-refractivity contribution in [3.63, 3.8) is 0 Å². The summed E-state index contributed by atoms with van der Waals surface area (Å²) in [4.78, 5) is 39.1. The number of nitrogens with zero attached hydrogens (tertiary/aromatic N) is 5. The van der Waals surface area contributed by atoms with E-state index in [1.165, 1.54) is 4.57 Å². The van der Waals surface area contributed by atoms with Crippen LogP contribution in [0.5, 0.6) is 5.75 Å². The molecule has 1 aliphatic heterocycles. The van der Waals surface area contributed by atoms with Crippen LogP contribution in [0.2, 0.25) is 0 Å². The van der Waals surface area contributed by atoms with E-state index in [1.807, 2.05) is 55.5 Å². The van der Waals surface area contributed by atoms with Gasteiger partial charge in [-0.05, 0) is 59.9 Å². The van der Waals surface area contributed by atoms with Crippen LogP contribution in [-0.4, -0.2) is 51.1 Å². The Balaban J connectivity index is 1.57. The Bertz CT molecular complexity index is 1800. The number of aryl methyl sites for hydroxylation is 1. The first-order chi connectivity index (χ1) is 19.2. The van der Waals surface area contributed by atoms with Gasteiger partial charge in [0, 0.05) is 33.3 Å². The number of aromatic hydroxyl groups is 1. The quantitative estimate of drug-likeness (QED) is 0.362. The van der Waals surface area contributed by atoms with Crippen LogP contribution in [0.1, 0.15) is 38.7 Å². The zero-order chi connectivity index (χ0) is 28.1. The molecule has 9 heteroatoms. The molecule has 6 rings (SSSR count). The molecule has 3 heterocycles. The summed E-state index contributed by atoms with van der Waals surface area (Å²) in [5.41, 5.74) is 5.30. The van der Waals surface area contributed by atoms with Crippen LogP contribution in [0.4, 0.5) is 5.95 Å². The van der Waals surface area contributed by atoms with Crippen molar-refractivity contribution >= 4 is 23.0 Å². The van der Waals surface area contributed by atoms with Gasteiger partial charge >= 0.3 is 0 Å². The fraction of sp³-hybridized carbons (Fsp3) is 0.226. The van der Waals surface area contributed by atoms with E-state index in [-0.39, 0.29) is 23.5 Å². The normalized spacial score (nSPS) is 14.8. The van der Waals surface area contributed by atoms with Gasteiger partial charge in [-0.1, -0.05) is 42.5 Å². The molecule has 2 aromatic heterocycles. The Morgan fingerprint density at radius 3 is 2.52 bits per heavy atom. The minimum atomic E-state index is -0.604. The highest BCUT2D eigenvalue weighted by atomic mass is 16.4. The molecule has 5 aromatic rings. The molecule has 1 atom stereocenters. The zero-order valence-corrected chi connectivity index (χ0v) is 22.8. The Kier molecular flexibility index (Phi) is 6.14. The fourth-order valence-electron chi connectivity index (χ4n) is 5.41. The molecule has 0 radical (unpaired) electrons. The molecule has 0 aliphatic carbocycles. The van der Waals surface area contributed by atoms with E-state index in [9.17, 15) is 14.7 Å². The van der Waals surface area contributed by atoms with E-state index in [0.717, 1.165) is 22.3 Å². The maximum absolute atomic E-state index is 13.3. The van der Waals surface area contributed by atoms with Gasteiger partial charge in [0.2, 0.25) is 11.7 Å². The van der Waals surface area contributed by atoms with Crippen LogP contribution in [0.15, 0.2) is 75.9 Å². The summed E-state index contributed by atoms with van der Waals surface area (Å²) < 4.78 is 7.23. The number of anilines is 1. The summed E-state index contributed by atoms with van der Waals surface area (Å²) in [6.45, 7) is 2.61. The Morgan fingerprint density at radius 2 is 1.77 bits per heavy atom. The highest BCUT2D eigenvalue weighted by Gasteiger charge is 2.34. The van der Waals surface area contributed by atoms with Crippen molar-refractivity contribution in [1.29, 1.82) is 0 Å². The third-order valence-corrected chi connectivity index (χ3v) is 7.51. The minimum absolute atomic E-state index is 0.0137. The molecule has 9 nitrogen and oxygen atoms in total. The van der Waals surface area contributed by atoms with Crippen LogP contribution in [0.25, 0.3) is 22.7 Å². The highest BCUT2D eigenvalue weighted by molar-refractivity contribution is 5.94.